The van der Waals surface area contributed by atoms with Gasteiger partial charge in [-0.1, -0.05) is 13.8 Å². The summed E-state index contributed by atoms with van der Waals surface area (Å²) in [5, 5.41) is -0.138. The minimum atomic E-state index is -1.70. The molecule has 0 aromatic carbocycles. The second kappa shape index (κ2) is 2.79. The Labute approximate surface area is 74.8 Å². The summed E-state index contributed by atoms with van der Waals surface area (Å²) < 4.78 is 25.5. The van der Waals surface area contributed by atoms with Crippen molar-refractivity contribution in [3.8, 4) is 0 Å². The van der Waals surface area contributed by atoms with Crippen molar-refractivity contribution in [2.45, 2.75) is 37.7 Å². The van der Waals surface area contributed by atoms with Crippen molar-refractivity contribution in [1.82, 2.24) is 0 Å². The quantitative estimate of drug-likeness (QED) is 0.628. The van der Waals surface area contributed by atoms with Gasteiger partial charge in [-0.15, -0.1) is 0 Å². The highest BCUT2D eigenvalue weighted by atomic mass is 32.2. The fourth-order valence-corrected chi connectivity index (χ4v) is 3.24. The van der Waals surface area contributed by atoms with E-state index in [1.165, 1.54) is 0 Å². The zero-order chi connectivity index (χ0) is 8.88. The van der Waals surface area contributed by atoms with E-state index in [0.717, 1.165) is 6.42 Å². The molecule has 0 aromatic heterocycles. The maximum atomic E-state index is 10.9. The molecule has 6 unspecified atom stereocenters. The average molecular weight is 190 g/mol. The molecule has 3 nitrogen and oxygen atoms in total. The zero-order valence-corrected chi connectivity index (χ0v) is 8.08. The van der Waals surface area contributed by atoms with Crippen LogP contribution < -0.4 is 0 Å². The first-order valence-corrected chi connectivity index (χ1v) is 5.53. The van der Waals surface area contributed by atoms with Gasteiger partial charge in [0, 0.05) is 0 Å². The third-order valence-corrected chi connectivity index (χ3v) is 4.33. The van der Waals surface area contributed by atoms with Crippen LogP contribution in [0.1, 0.15) is 20.3 Å². The summed E-state index contributed by atoms with van der Waals surface area (Å²) in [5.41, 5.74) is 0. The van der Waals surface area contributed by atoms with Gasteiger partial charge < -0.3 is 9.29 Å². The lowest BCUT2D eigenvalue weighted by Crippen LogP contribution is -2.36. The summed E-state index contributed by atoms with van der Waals surface area (Å²) in [6.45, 7) is 4.26. The van der Waals surface area contributed by atoms with Crippen LogP contribution in [0.5, 0.6) is 0 Å². The Bertz CT molecular complexity index is 216. The Hall–Kier alpha value is 0.0700. The summed E-state index contributed by atoms with van der Waals surface area (Å²) in [7, 11) is 0. The first kappa shape index (κ1) is 8.66. The van der Waals surface area contributed by atoms with Gasteiger partial charge in [0.25, 0.3) is 0 Å². The van der Waals surface area contributed by atoms with E-state index in [2.05, 4.69) is 13.8 Å². The summed E-state index contributed by atoms with van der Waals surface area (Å²) in [6.07, 6.45) is 1.01. The summed E-state index contributed by atoms with van der Waals surface area (Å²) in [5.74, 6) is 0.986. The SMILES string of the molecule is CC1C2CC(S(=O)O)C(O2)C1C. The third kappa shape index (κ3) is 1.05. The van der Waals surface area contributed by atoms with Gasteiger partial charge in [-0.3, -0.25) is 0 Å². The van der Waals surface area contributed by atoms with E-state index >= 15 is 0 Å². The van der Waals surface area contributed by atoms with Crippen molar-refractivity contribution in [3.05, 3.63) is 0 Å². The molecule has 12 heavy (non-hydrogen) atoms. The molecule has 4 heteroatoms. The molecule has 2 aliphatic heterocycles. The molecule has 2 fully saturated rings. The molecule has 2 heterocycles. The summed E-state index contributed by atoms with van der Waals surface area (Å²) >= 11 is -1.70. The number of ether oxygens (including phenoxy) is 1. The van der Waals surface area contributed by atoms with Crippen molar-refractivity contribution in [1.29, 1.82) is 0 Å². The molecule has 1 N–H and O–H groups in total. The summed E-state index contributed by atoms with van der Waals surface area (Å²) in [4.78, 5) is 0. The van der Waals surface area contributed by atoms with Crippen LogP contribution in [0.25, 0.3) is 0 Å². The van der Waals surface area contributed by atoms with E-state index in [9.17, 15) is 4.21 Å². The first-order valence-electron chi connectivity index (χ1n) is 4.36. The molecule has 2 aliphatic rings. The molecule has 0 amide bonds. The van der Waals surface area contributed by atoms with E-state index in [0.29, 0.717) is 11.8 Å². The summed E-state index contributed by atoms with van der Waals surface area (Å²) in [6, 6.07) is 0. The van der Waals surface area contributed by atoms with E-state index in [1.54, 1.807) is 0 Å². The minimum Gasteiger partial charge on any atom is -0.373 e. The Balaban J connectivity index is 2.15. The predicted molar refractivity (Wildman–Crippen MR) is 46.2 cm³/mol. The lowest BCUT2D eigenvalue weighted by atomic mass is 9.81. The fourth-order valence-electron chi connectivity index (χ4n) is 2.34. The number of rotatable bonds is 1. The fraction of sp³-hybridized carbons (Fsp3) is 1.00. The maximum absolute atomic E-state index is 10.9. The number of hydrogen-bond acceptors (Lipinski definition) is 2. The Kier molecular flexibility index (Phi) is 2.01. The second-order valence-electron chi connectivity index (χ2n) is 3.91. The third-order valence-electron chi connectivity index (χ3n) is 3.36. The van der Waals surface area contributed by atoms with E-state index in [4.69, 9.17) is 9.29 Å². The molecule has 2 rings (SSSR count). The van der Waals surface area contributed by atoms with Crippen LogP contribution in [0.2, 0.25) is 0 Å². The van der Waals surface area contributed by atoms with Crippen LogP contribution in [0.3, 0.4) is 0 Å². The van der Waals surface area contributed by atoms with Gasteiger partial charge in [-0.25, -0.2) is 4.21 Å². The topological polar surface area (TPSA) is 46.5 Å². The van der Waals surface area contributed by atoms with E-state index in [1.807, 2.05) is 0 Å². The van der Waals surface area contributed by atoms with Crippen molar-refractivity contribution in [3.63, 3.8) is 0 Å². The number of hydrogen-bond donors (Lipinski definition) is 1. The lowest BCUT2D eigenvalue weighted by molar-refractivity contribution is 0.0901. The highest BCUT2D eigenvalue weighted by Gasteiger charge is 2.52. The minimum absolute atomic E-state index is 0.0239. The van der Waals surface area contributed by atoms with Crippen molar-refractivity contribution < 1.29 is 13.5 Å². The maximum Gasteiger partial charge on any atom is 0.158 e. The van der Waals surface area contributed by atoms with Gasteiger partial charge in [0.15, 0.2) is 11.1 Å². The molecule has 0 aromatic rings. The molecule has 0 radical (unpaired) electrons. The van der Waals surface area contributed by atoms with Crippen LogP contribution >= 0.6 is 0 Å². The van der Waals surface area contributed by atoms with Gasteiger partial charge in [-0.05, 0) is 18.3 Å². The molecule has 6 atom stereocenters. The van der Waals surface area contributed by atoms with Gasteiger partial charge in [-0.2, -0.15) is 0 Å². The highest BCUT2D eigenvalue weighted by Crippen LogP contribution is 2.44. The standard InChI is InChI=1S/C8H14O3S/c1-4-5(2)8-7(12(9)10)3-6(4)11-8/h4-8H,3H2,1-2H3,(H,9,10). The smallest absolute Gasteiger partial charge is 0.158 e. The van der Waals surface area contributed by atoms with E-state index in [-0.39, 0.29) is 17.5 Å². The van der Waals surface area contributed by atoms with Crippen molar-refractivity contribution in [2.24, 2.45) is 11.8 Å². The molecule has 2 saturated heterocycles. The van der Waals surface area contributed by atoms with Crippen LogP contribution in [0.4, 0.5) is 0 Å². The van der Waals surface area contributed by atoms with Crippen LogP contribution in [-0.2, 0) is 15.8 Å². The molecule has 0 aliphatic carbocycles. The molecule has 2 bridgehead atoms. The molecular formula is C8H14O3S. The van der Waals surface area contributed by atoms with Crippen molar-refractivity contribution in [2.75, 3.05) is 0 Å². The van der Waals surface area contributed by atoms with E-state index < -0.39 is 11.1 Å². The normalized spacial score (nSPS) is 54.4. The second-order valence-corrected chi connectivity index (χ2v) is 5.07. The Morgan fingerprint density at radius 2 is 2.08 bits per heavy atom. The molecule has 0 saturated carbocycles. The van der Waals surface area contributed by atoms with Crippen LogP contribution in [0, 0.1) is 11.8 Å². The van der Waals surface area contributed by atoms with Crippen LogP contribution in [-0.4, -0.2) is 26.2 Å². The number of fused-ring (bicyclic) bond motifs is 2. The van der Waals surface area contributed by atoms with Crippen LogP contribution in [0.15, 0.2) is 0 Å². The average Bonchev–Trinajstić information content (AvgIpc) is 2.53. The highest BCUT2D eigenvalue weighted by molar-refractivity contribution is 7.80. The van der Waals surface area contributed by atoms with Gasteiger partial charge in [0.05, 0.1) is 17.5 Å². The molecule has 0 spiro atoms. The lowest BCUT2D eigenvalue weighted by Gasteiger charge is -2.25. The monoisotopic (exact) mass is 190 g/mol. The predicted octanol–water partition coefficient (Wildman–Crippen LogP) is 1.02. The Morgan fingerprint density at radius 1 is 1.42 bits per heavy atom. The van der Waals surface area contributed by atoms with Crippen molar-refractivity contribution >= 4 is 11.1 Å². The van der Waals surface area contributed by atoms with Gasteiger partial charge in [0.2, 0.25) is 0 Å². The first-order chi connectivity index (χ1) is 5.61. The van der Waals surface area contributed by atoms with Gasteiger partial charge in [0.1, 0.15) is 0 Å². The molecule has 70 valence electrons. The Morgan fingerprint density at radius 3 is 2.50 bits per heavy atom. The molecular weight excluding hydrogens is 176 g/mol. The zero-order valence-electron chi connectivity index (χ0n) is 7.27. The largest absolute Gasteiger partial charge is 0.373 e. The van der Waals surface area contributed by atoms with Gasteiger partial charge >= 0.3 is 0 Å².